The second-order valence-electron chi connectivity index (χ2n) is 4.14. The molecule has 1 aliphatic rings. The van der Waals surface area contributed by atoms with Gasteiger partial charge in [0.05, 0.1) is 16.1 Å². The maximum absolute atomic E-state index is 12.1. The van der Waals surface area contributed by atoms with Crippen molar-refractivity contribution in [2.45, 2.75) is 24.9 Å². The maximum Gasteiger partial charge on any atom is 0.183 e. The van der Waals surface area contributed by atoms with Gasteiger partial charge in [-0.3, -0.25) is 4.79 Å². The molecular weight excluding hydrogens is 273 g/mol. The molecule has 1 aromatic rings. The Bertz CT molecular complexity index is 504. The highest BCUT2D eigenvalue weighted by Crippen LogP contribution is 2.29. The van der Waals surface area contributed by atoms with Crippen LogP contribution >= 0.6 is 23.2 Å². The van der Waals surface area contributed by atoms with Crippen LogP contribution in [0.4, 0.5) is 0 Å². The van der Waals surface area contributed by atoms with E-state index in [0.29, 0.717) is 28.6 Å². The van der Waals surface area contributed by atoms with Crippen LogP contribution in [0.2, 0.25) is 10.0 Å². The van der Waals surface area contributed by atoms with Crippen LogP contribution in [-0.2, 0) is 9.53 Å². The number of halogens is 2. The highest BCUT2D eigenvalue weighted by molar-refractivity contribution is 6.42. The molecule has 3 nitrogen and oxygen atoms in total. The molecule has 0 aliphatic carbocycles. The van der Waals surface area contributed by atoms with E-state index in [4.69, 9.17) is 33.2 Å². The van der Waals surface area contributed by atoms with E-state index >= 15 is 0 Å². The van der Waals surface area contributed by atoms with Crippen molar-refractivity contribution >= 4 is 29.0 Å². The summed E-state index contributed by atoms with van der Waals surface area (Å²) < 4.78 is 5.31. The van der Waals surface area contributed by atoms with Crippen LogP contribution in [-0.4, -0.2) is 18.5 Å². The number of rotatable bonds is 3. The van der Waals surface area contributed by atoms with Crippen molar-refractivity contribution in [3.05, 3.63) is 33.8 Å². The van der Waals surface area contributed by atoms with Crippen molar-refractivity contribution in [1.82, 2.24) is 0 Å². The first kappa shape index (κ1) is 13.4. The Morgan fingerprint density at radius 1 is 1.44 bits per heavy atom. The Hall–Kier alpha value is -1.08. The van der Waals surface area contributed by atoms with E-state index in [1.165, 1.54) is 0 Å². The molecule has 0 amide bonds. The van der Waals surface area contributed by atoms with E-state index in [2.05, 4.69) is 0 Å². The summed E-state index contributed by atoms with van der Waals surface area (Å²) in [6, 6.07) is 6.81. The molecule has 1 saturated heterocycles. The predicted octanol–water partition coefficient (Wildman–Crippen LogP) is 3.35. The lowest BCUT2D eigenvalue weighted by Crippen LogP contribution is -2.25. The van der Waals surface area contributed by atoms with E-state index < -0.39 is 12.0 Å². The fraction of sp³-hybridized carbons (Fsp3) is 0.385. The number of carbonyl (C=O) groups excluding carboxylic acids is 1. The molecule has 0 aromatic heterocycles. The van der Waals surface area contributed by atoms with Gasteiger partial charge < -0.3 is 4.74 Å². The number of hydrogen-bond donors (Lipinski definition) is 0. The van der Waals surface area contributed by atoms with Crippen LogP contribution in [0.5, 0.6) is 0 Å². The lowest BCUT2D eigenvalue weighted by molar-refractivity contribution is -0.128. The fourth-order valence-electron chi connectivity index (χ4n) is 1.98. The zero-order valence-corrected chi connectivity index (χ0v) is 11.0. The average molecular weight is 284 g/mol. The van der Waals surface area contributed by atoms with Crippen LogP contribution in [0.25, 0.3) is 0 Å². The third-order valence-electron chi connectivity index (χ3n) is 2.94. The van der Waals surface area contributed by atoms with Gasteiger partial charge in [0.15, 0.2) is 5.78 Å². The summed E-state index contributed by atoms with van der Waals surface area (Å²) in [4.78, 5) is 12.1. The Morgan fingerprint density at radius 2 is 2.22 bits per heavy atom. The van der Waals surface area contributed by atoms with Crippen molar-refractivity contribution in [1.29, 1.82) is 5.26 Å². The first-order valence-electron chi connectivity index (χ1n) is 5.63. The standard InChI is InChI=1S/C13H11Cl2NO2/c14-10-4-3-8(6-11(10)15)9(7-16)13(17)12-2-1-5-18-12/h3-4,6,9,12H,1-2,5H2. The third-order valence-corrected chi connectivity index (χ3v) is 3.68. The molecule has 1 aliphatic heterocycles. The number of carbonyl (C=O) groups is 1. The average Bonchev–Trinajstić information content (AvgIpc) is 2.88. The van der Waals surface area contributed by atoms with E-state index in [-0.39, 0.29) is 5.78 Å². The van der Waals surface area contributed by atoms with E-state index in [1.54, 1.807) is 18.2 Å². The van der Waals surface area contributed by atoms with Crippen molar-refractivity contribution in [3.8, 4) is 6.07 Å². The molecule has 0 N–H and O–H groups in total. The molecule has 0 saturated carbocycles. The molecular formula is C13H11Cl2NO2. The van der Waals surface area contributed by atoms with Gasteiger partial charge in [0.25, 0.3) is 0 Å². The minimum atomic E-state index is -0.845. The number of ether oxygens (including phenoxy) is 1. The van der Waals surface area contributed by atoms with E-state index in [0.717, 1.165) is 6.42 Å². The Labute approximate surface area is 115 Å². The lowest BCUT2D eigenvalue weighted by Gasteiger charge is -2.13. The quantitative estimate of drug-likeness (QED) is 0.855. The van der Waals surface area contributed by atoms with Crippen molar-refractivity contribution in [2.24, 2.45) is 0 Å². The van der Waals surface area contributed by atoms with Gasteiger partial charge in [0.2, 0.25) is 0 Å². The molecule has 0 spiro atoms. The van der Waals surface area contributed by atoms with Crippen molar-refractivity contribution < 1.29 is 9.53 Å². The smallest absolute Gasteiger partial charge is 0.183 e. The van der Waals surface area contributed by atoms with Gasteiger partial charge in [-0.1, -0.05) is 29.3 Å². The van der Waals surface area contributed by atoms with Crippen LogP contribution in [0.15, 0.2) is 18.2 Å². The summed E-state index contributed by atoms with van der Waals surface area (Å²) in [5.74, 6) is -1.05. The summed E-state index contributed by atoms with van der Waals surface area (Å²) >= 11 is 11.7. The monoisotopic (exact) mass is 283 g/mol. The minimum Gasteiger partial charge on any atom is -0.370 e. The second-order valence-corrected chi connectivity index (χ2v) is 4.95. The summed E-state index contributed by atoms with van der Waals surface area (Å²) in [6.07, 6.45) is 1.07. The molecule has 2 rings (SSSR count). The Morgan fingerprint density at radius 3 is 2.78 bits per heavy atom. The molecule has 1 fully saturated rings. The largest absolute Gasteiger partial charge is 0.370 e. The maximum atomic E-state index is 12.1. The van der Waals surface area contributed by atoms with E-state index in [1.807, 2.05) is 6.07 Å². The molecule has 94 valence electrons. The number of benzene rings is 1. The van der Waals surface area contributed by atoms with Gasteiger partial charge in [-0.15, -0.1) is 0 Å². The number of Topliss-reactive ketones (excluding diaryl/α,β-unsaturated/α-hetero) is 1. The summed E-state index contributed by atoms with van der Waals surface area (Å²) in [5, 5.41) is 9.91. The SMILES string of the molecule is N#CC(C(=O)C1CCCO1)c1ccc(Cl)c(Cl)c1. The van der Waals surface area contributed by atoms with Crippen LogP contribution in [0, 0.1) is 11.3 Å². The summed E-state index contributed by atoms with van der Waals surface area (Å²) in [6.45, 7) is 0.579. The number of nitrogens with zero attached hydrogens (tertiary/aromatic N) is 1. The van der Waals surface area contributed by atoms with Crippen LogP contribution in [0.1, 0.15) is 24.3 Å². The number of hydrogen-bond acceptors (Lipinski definition) is 3. The lowest BCUT2D eigenvalue weighted by atomic mass is 9.92. The number of nitriles is 1. The summed E-state index contributed by atoms with van der Waals surface area (Å²) in [5.41, 5.74) is 0.562. The topological polar surface area (TPSA) is 50.1 Å². The fourth-order valence-corrected chi connectivity index (χ4v) is 2.29. The Kier molecular flexibility index (Phi) is 4.23. The molecule has 18 heavy (non-hydrogen) atoms. The summed E-state index contributed by atoms with van der Waals surface area (Å²) in [7, 11) is 0. The van der Waals surface area contributed by atoms with Gasteiger partial charge in [-0.05, 0) is 30.5 Å². The Balaban J connectivity index is 2.25. The first-order valence-corrected chi connectivity index (χ1v) is 6.39. The van der Waals surface area contributed by atoms with Gasteiger partial charge in [-0.25, -0.2) is 0 Å². The van der Waals surface area contributed by atoms with Gasteiger partial charge >= 0.3 is 0 Å². The molecule has 1 heterocycles. The first-order chi connectivity index (χ1) is 8.63. The second kappa shape index (κ2) is 5.71. The molecule has 2 unspecified atom stereocenters. The van der Waals surface area contributed by atoms with E-state index in [9.17, 15) is 4.79 Å². The van der Waals surface area contributed by atoms with Gasteiger partial charge in [0.1, 0.15) is 12.0 Å². The van der Waals surface area contributed by atoms with Gasteiger partial charge in [0, 0.05) is 6.61 Å². The van der Waals surface area contributed by atoms with Crippen molar-refractivity contribution in [2.75, 3.05) is 6.61 Å². The molecule has 0 bridgehead atoms. The van der Waals surface area contributed by atoms with Gasteiger partial charge in [-0.2, -0.15) is 5.26 Å². The van der Waals surface area contributed by atoms with Crippen molar-refractivity contribution in [3.63, 3.8) is 0 Å². The zero-order valence-electron chi connectivity index (χ0n) is 9.53. The van der Waals surface area contributed by atoms with Crippen LogP contribution in [0.3, 0.4) is 0 Å². The predicted molar refractivity (Wildman–Crippen MR) is 68.8 cm³/mol. The molecule has 1 aromatic carbocycles. The van der Waals surface area contributed by atoms with Crippen LogP contribution < -0.4 is 0 Å². The molecule has 0 radical (unpaired) electrons. The zero-order chi connectivity index (χ0) is 13.1. The highest BCUT2D eigenvalue weighted by Gasteiger charge is 2.31. The molecule has 2 atom stereocenters. The third kappa shape index (κ3) is 2.67. The minimum absolute atomic E-state index is 0.201. The number of ketones is 1. The highest BCUT2D eigenvalue weighted by atomic mass is 35.5. The molecule has 5 heteroatoms. The normalized spacial score (nSPS) is 20.4.